The number of rotatable bonds is 6. The van der Waals surface area contributed by atoms with Crippen LogP contribution in [0.3, 0.4) is 0 Å². The molecule has 100 valence electrons. The molecule has 1 aromatic rings. The van der Waals surface area contributed by atoms with Gasteiger partial charge >= 0.3 is 0 Å². The van der Waals surface area contributed by atoms with Crippen LogP contribution in [-0.4, -0.2) is 27.5 Å². The van der Waals surface area contributed by atoms with Crippen LogP contribution in [0.15, 0.2) is 29.2 Å². The summed E-state index contributed by atoms with van der Waals surface area (Å²) < 4.78 is 27.3. The molecule has 1 amide bonds. The van der Waals surface area contributed by atoms with Crippen LogP contribution in [0.5, 0.6) is 5.75 Å². The third-order valence-electron chi connectivity index (χ3n) is 2.08. The smallest absolute Gasteiger partial charge is 0.261 e. The molecular weight excluding hydrogens is 278 g/mol. The molecule has 0 aliphatic heterocycles. The fraction of sp³-hybridized carbons (Fsp3) is 0.364. The highest BCUT2D eigenvalue weighted by atomic mass is 35.7. The monoisotopic (exact) mass is 291 g/mol. The number of ether oxygens (including phenoxy) is 1. The maximum Gasteiger partial charge on any atom is 0.261 e. The van der Waals surface area contributed by atoms with E-state index in [1.54, 1.807) is 0 Å². The fourth-order valence-electron chi connectivity index (χ4n) is 1.25. The van der Waals surface area contributed by atoms with Crippen LogP contribution in [0.1, 0.15) is 13.3 Å². The predicted molar refractivity (Wildman–Crippen MR) is 68.3 cm³/mol. The van der Waals surface area contributed by atoms with Gasteiger partial charge in [0.15, 0.2) is 0 Å². The molecule has 0 saturated carbocycles. The van der Waals surface area contributed by atoms with E-state index in [0.717, 1.165) is 0 Å². The van der Waals surface area contributed by atoms with Crippen molar-refractivity contribution in [3.8, 4) is 5.75 Å². The Bertz CT molecular complexity index is 498. The molecule has 0 spiro atoms. The lowest BCUT2D eigenvalue weighted by Crippen LogP contribution is -2.24. The van der Waals surface area contributed by atoms with E-state index in [1.165, 1.54) is 24.3 Å². The number of amides is 1. The third-order valence-corrected chi connectivity index (χ3v) is 3.45. The summed E-state index contributed by atoms with van der Waals surface area (Å²) >= 11 is 0. The Kier molecular flexibility index (Phi) is 5.43. The zero-order chi connectivity index (χ0) is 13.6. The van der Waals surface area contributed by atoms with Gasteiger partial charge in [0.05, 0.1) is 17.9 Å². The van der Waals surface area contributed by atoms with Gasteiger partial charge in [-0.05, 0) is 31.2 Å². The van der Waals surface area contributed by atoms with Crippen molar-refractivity contribution in [2.75, 3.05) is 13.2 Å². The number of hydrogen-bond donors (Lipinski definition) is 1. The molecule has 1 aromatic carbocycles. The molecule has 0 aliphatic carbocycles. The molecule has 0 radical (unpaired) electrons. The standard InChI is InChI=1S/C11H14ClNO4S/c1-2-13-11(14)7-8-17-9-3-5-10(6-4-9)18(12,15)16/h3-6H,2,7-8H2,1H3,(H,13,14). The summed E-state index contributed by atoms with van der Waals surface area (Å²) in [7, 11) is 1.46. The Hall–Kier alpha value is -1.27. The van der Waals surface area contributed by atoms with Crippen molar-refractivity contribution in [1.29, 1.82) is 0 Å². The molecule has 0 atom stereocenters. The molecule has 0 saturated heterocycles. The van der Waals surface area contributed by atoms with E-state index in [9.17, 15) is 13.2 Å². The number of hydrogen-bond acceptors (Lipinski definition) is 4. The van der Waals surface area contributed by atoms with Gasteiger partial charge in [-0.25, -0.2) is 8.42 Å². The lowest BCUT2D eigenvalue weighted by molar-refractivity contribution is -0.121. The molecule has 1 N–H and O–H groups in total. The Labute approximate surface area is 111 Å². The number of benzene rings is 1. The molecule has 0 unspecified atom stereocenters. The van der Waals surface area contributed by atoms with Gasteiger partial charge in [0.25, 0.3) is 9.05 Å². The van der Waals surface area contributed by atoms with Crippen LogP contribution in [-0.2, 0) is 13.8 Å². The molecule has 0 bridgehead atoms. The van der Waals surface area contributed by atoms with Crippen molar-refractivity contribution in [3.63, 3.8) is 0 Å². The maximum atomic E-state index is 11.1. The van der Waals surface area contributed by atoms with Crippen LogP contribution >= 0.6 is 10.7 Å². The summed E-state index contributed by atoms with van der Waals surface area (Å²) in [4.78, 5) is 11.1. The highest BCUT2D eigenvalue weighted by Gasteiger charge is 2.09. The van der Waals surface area contributed by atoms with E-state index in [4.69, 9.17) is 15.4 Å². The molecular formula is C11H14ClNO4S. The molecule has 0 fully saturated rings. The zero-order valence-corrected chi connectivity index (χ0v) is 11.4. The quantitative estimate of drug-likeness (QED) is 0.807. The fourth-order valence-corrected chi connectivity index (χ4v) is 2.02. The van der Waals surface area contributed by atoms with Gasteiger partial charge in [0.1, 0.15) is 5.75 Å². The average Bonchev–Trinajstić information content (AvgIpc) is 2.29. The molecule has 5 nitrogen and oxygen atoms in total. The van der Waals surface area contributed by atoms with E-state index < -0.39 is 9.05 Å². The van der Waals surface area contributed by atoms with Gasteiger partial charge in [0, 0.05) is 17.2 Å². The van der Waals surface area contributed by atoms with Crippen molar-refractivity contribution < 1.29 is 17.9 Å². The van der Waals surface area contributed by atoms with Crippen LogP contribution < -0.4 is 10.1 Å². The normalized spacial score (nSPS) is 11.0. The van der Waals surface area contributed by atoms with Gasteiger partial charge < -0.3 is 10.1 Å². The summed E-state index contributed by atoms with van der Waals surface area (Å²) in [6, 6.07) is 5.69. The number of nitrogens with one attached hydrogen (secondary N) is 1. The first-order valence-corrected chi connectivity index (χ1v) is 7.68. The third kappa shape index (κ3) is 4.93. The van der Waals surface area contributed by atoms with Gasteiger partial charge in [-0.2, -0.15) is 0 Å². The van der Waals surface area contributed by atoms with Crippen molar-refractivity contribution in [1.82, 2.24) is 5.32 Å². The van der Waals surface area contributed by atoms with E-state index in [0.29, 0.717) is 12.3 Å². The zero-order valence-electron chi connectivity index (χ0n) is 9.85. The number of halogens is 1. The Balaban J connectivity index is 2.47. The van der Waals surface area contributed by atoms with E-state index in [1.807, 2.05) is 6.92 Å². The van der Waals surface area contributed by atoms with Crippen molar-refractivity contribution >= 4 is 25.6 Å². The summed E-state index contributed by atoms with van der Waals surface area (Å²) in [5.74, 6) is 0.404. The largest absolute Gasteiger partial charge is 0.493 e. The molecule has 0 heterocycles. The van der Waals surface area contributed by atoms with Crippen molar-refractivity contribution in [2.24, 2.45) is 0 Å². The first-order chi connectivity index (χ1) is 8.43. The maximum absolute atomic E-state index is 11.1. The molecule has 0 aromatic heterocycles. The topological polar surface area (TPSA) is 72.5 Å². The van der Waals surface area contributed by atoms with Gasteiger partial charge in [-0.1, -0.05) is 0 Å². The minimum absolute atomic E-state index is 0.0141. The average molecular weight is 292 g/mol. The van der Waals surface area contributed by atoms with Crippen LogP contribution in [0.4, 0.5) is 0 Å². The molecule has 7 heteroatoms. The number of carbonyl (C=O) groups is 1. The Morgan fingerprint density at radius 2 is 1.94 bits per heavy atom. The molecule has 0 aliphatic rings. The van der Waals surface area contributed by atoms with Crippen molar-refractivity contribution in [2.45, 2.75) is 18.2 Å². The first kappa shape index (κ1) is 14.8. The van der Waals surface area contributed by atoms with Crippen LogP contribution in [0.2, 0.25) is 0 Å². The lowest BCUT2D eigenvalue weighted by atomic mass is 10.3. The molecule has 18 heavy (non-hydrogen) atoms. The second-order valence-corrected chi connectivity index (χ2v) is 6.03. The van der Waals surface area contributed by atoms with E-state index in [2.05, 4.69) is 5.32 Å². The van der Waals surface area contributed by atoms with Crippen LogP contribution in [0, 0.1) is 0 Å². The van der Waals surface area contributed by atoms with Crippen molar-refractivity contribution in [3.05, 3.63) is 24.3 Å². The molecule has 1 rings (SSSR count). The minimum Gasteiger partial charge on any atom is -0.493 e. The van der Waals surface area contributed by atoms with Gasteiger partial charge in [-0.3, -0.25) is 4.79 Å². The first-order valence-electron chi connectivity index (χ1n) is 5.37. The second-order valence-electron chi connectivity index (χ2n) is 3.46. The number of carbonyl (C=O) groups excluding carboxylic acids is 1. The second kappa shape index (κ2) is 6.61. The lowest BCUT2D eigenvalue weighted by Gasteiger charge is -2.06. The summed E-state index contributed by atoms with van der Waals surface area (Å²) in [6.07, 6.45) is 0.253. The Morgan fingerprint density at radius 3 is 2.44 bits per heavy atom. The summed E-state index contributed by atoms with van der Waals surface area (Å²) in [5.41, 5.74) is 0. The van der Waals surface area contributed by atoms with Crippen LogP contribution in [0.25, 0.3) is 0 Å². The highest BCUT2D eigenvalue weighted by Crippen LogP contribution is 2.18. The van der Waals surface area contributed by atoms with E-state index in [-0.39, 0.29) is 23.8 Å². The summed E-state index contributed by atoms with van der Waals surface area (Å²) in [6.45, 7) is 2.66. The minimum atomic E-state index is -3.71. The van der Waals surface area contributed by atoms with E-state index >= 15 is 0 Å². The predicted octanol–water partition coefficient (Wildman–Crippen LogP) is 1.52. The highest BCUT2D eigenvalue weighted by molar-refractivity contribution is 8.13. The summed E-state index contributed by atoms with van der Waals surface area (Å²) in [5, 5.41) is 2.65. The Morgan fingerprint density at radius 1 is 1.33 bits per heavy atom. The SMILES string of the molecule is CCNC(=O)CCOc1ccc(S(=O)(=O)Cl)cc1. The van der Waals surface area contributed by atoms with Gasteiger partial charge in [0.2, 0.25) is 5.91 Å². The van der Waals surface area contributed by atoms with Gasteiger partial charge in [-0.15, -0.1) is 0 Å².